The van der Waals surface area contributed by atoms with Gasteiger partial charge in [-0.1, -0.05) is 33.1 Å². The number of Topliss-reactive ketones (excluding diaryl/α,β-unsaturated/α-hetero) is 1. The van der Waals surface area contributed by atoms with Crippen molar-refractivity contribution < 1.29 is 9.53 Å². The van der Waals surface area contributed by atoms with Crippen LogP contribution in [-0.2, 0) is 9.53 Å². The second kappa shape index (κ2) is 7.07. The van der Waals surface area contributed by atoms with Crippen LogP contribution in [0.5, 0.6) is 0 Å². The molecule has 2 atom stereocenters. The zero-order valence-electron chi connectivity index (χ0n) is 9.30. The van der Waals surface area contributed by atoms with Gasteiger partial charge < -0.3 is 4.74 Å². The number of carbonyl (C=O) groups is 1. The van der Waals surface area contributed by atoms with Crippen LogP contribution in [0.1, 0.15) is 46.5 Å². The summed E-state index contributed by atoms with van der Waals surface area (Å²) in [6, 6.07) is 0. The second-order valence-electron chi connectivity index (χ2n) is 3.74. The van der Waals surface area contributed by atoms with E-state index in [1.54, 1.807) is 14.0 Å². The number of carbonyl (C=O) groups excluding carboxylic acids is 1. The van der Waals surface area contributed by atoms with E-state index >= 15 is 0 Å². The van der Waals surface area contributed by atoms with Crippen LogP contribution < -0.4 is 0 Å². The molecule has 0 radical (unpaired) electrons. The second-order valence-corrected chi connectivity index (χ2v) is 3.74. The first-order chi connectivity index (χ1) is 6.13. The van der Waals surface area contributed by atoms with Gasteiger partial charge in [-0.15, -0.1) is 0 Å². The fourth-order valence-electron chi connectivity index (χ4n) is 1.67. The lowest BCUT2D eigenvalue weighted by Crippen LogP contribution is -2.27. The zero-order chi connectivity index (χ0) is 10.3. The molecule has 2 unspecified atom stereocenters. The summed E-state index contributed by atoms with van der Waals surface area (Å²) < 4.78 is 5.15. The van der Waals surface area contributed by atoms with Crippen LogP contribution in [0.2, 0.25) is 0 Å². The third-order valence-electron chi connectivity index (χ3n) is 2.43. The van der Waals surface area contributed by atoms with Crippen molar-refractivity contribution >= 4 is 5.78 Å². The molecule has 0 amide bonds. The molecule has 0 saturated carbocycles. The van der Waals surface area contributed by atoms with E-state index in [9.17, 15) is 4.79 Å². The highest BCUT2D eigenvalue weighted by molar-refractivity contribution is 5.80. The Morgan fingerprint density at radius 1 is 1.38 bits per heavy atom. The van der Waals surface area contributed by atoms with E-state index in [1.165, 1.54) is 19.3 Å². The normalized spacial score (nSPS) is 15.4. The minimum Gasteiger partial charge on any atom is -0.373 e. The molecule has 0 aromatic rings. The Kier molecular flexibility index (Phi) is 6.87. The van der Waals surface area contributed by atoms with Gasteiger partial charge in [-0.05, 0) is 19.3 Å². The van der Waals surface area contributed by atoms with E-state index < -0.39 is 0 Å². The largest absolute Gasteiger partial charge is 0.373 e. The number of unbranched alkanes of at least 4 members (excludes halogenated alkanes) is 2. The van der Waals surface area contributed by atoms with Crippen LogP contribution in [0.3, 0.4) is 0 Å². The molecule has 2 nitrogen and oxygen atoms in total. The average molecular weight is 186 g/mol. The molecule has 0 saturated heterocycles. The van der Waals surface area contributed by atoms with Gasteiger partial charge in [0.2, 0.25) is 0 Å². The zero-order valence-corrected chi connectivity index (χ0v) is 9.30. The molecule has 0 aliphatic carbocycles. The molecule has 0 heterocycles. The van der Waals surface area contributed by atoms with Crippen LogP contribution in [0.25, 0.3) is 0 Å². The Balaban J connectivity index is 3.77. The van der Waals surface area contributed by atoms with Crippen molar-refractivity contribution in [1.82, 2.24) is 0 Å². The van der Waals surface area contributed by atoms with Gasteiger partial charge in [0.1, 0.15) is 6.10 Å². The van der Waals surface area contributed by atoms with Gasteiger partial charge >= 0.3 is 0 Å². The fraction of sp³-hybridized carbons (Fsp3) is 0.909. The molecule has 2 heteroatoms. The number of ketones is 1. The Bertz CT molecular complexity index is 143. The quantitative estimate of drug-likeness (QED) is 0.571. The van der Waals surface area contributed by atoms with Crippen molar-refractivity contribution in [1.29, 1.82) is 0 Å². The summed E-state index contributed by atoms with van der Waals surface area (Å²) in [5, 5.41) is 0. The van der Waals surface area contributed by atoms with Crippen LogP contribution in [0, 0.1) is 5.92 Å². The van der Waals surface area contributed by atoms with Gasteiger partial charge in [0.05, 0.1) is 0 Å². The van der Waals surface area contributed by atoms with E-state index in [4.69, 9.17) is 4.74 Å². The number of hydrogen-bond donors (Lipinski definition) is 0. The maximum atomic E-state index is 11.1. The lowest BCUT2D eigenvalue weighted by atomic mass is 9.95. The molecule has 0 aliphatic rings. The topological polar surface area (TPSA) is 26.3 Å². The Morgan fingerprint density at radius 3 is 2.38 bits per heavy atom. The molecular formula is C11H22O2. The van der Waals surface area contributed by atoms with Crippen LogP contribution in [0.15, 0.2) is 0 Å². The fourth-order valence-corrected chi connectivity index (χ4v) is 1.67. The first-order valence-corrected chi connectivity index (χ1v) is 5.16. The highest BCUT2D eigenvalue weighted by Crippen LogP contribution is 2.16. The lowest BCUT2D eigenvalue weighted by Gasteiger charge is -2.19. The summed E-state index contributed by atoms with van der Waals surface area (Å²) in [6.07, 6.45) is 4.57. The van der Waals surface area contributed by atoms with Crippen molar-refractivity contribution in [2.24, 2.45) is 5.92 Å². The summed E-state index contributed by atoms with van der Waals surface area (Å²) in [5.41, 5.74) is 0. The highest BCUT2D eigenvalue weighted by atomic mass is 16.5. The maximum absolute atomic E-state index is 11.1. The van der Waals surface area contributed by atoms with Gasteiger partial charge in [0.25, 0.3) is 0 Å². The summed E-state index contributed by atoms with van der Waals surface area (Å²) in [7, 11) is 1.61. The first kappa shape index (κ1) is 12.6. The Labute approximate surface area is 81.7 Å². The minimum absolute atomic E-state index is 0.145. The van der Waals surface area contributed by atoms with Crippen molar-refractivity contribution in [2.45, 2.75) is 52.6 Å². The van der Waals surface area contributed by atoms with Crippen LogP contribution >= 0.6 is 0 Å². The summed E-state index contributed by atoms with van der Waals surface area (Å²) in [4.78, 5) is 11.1. The summed E-state index contributed by atoms with van der Waals surface area (Å²) in [5.74, 6) is 0.501. The van der Waals surface area contributed by atoms with Crippen molar-refractivity contribution in [2.75, 3.05) is 7.11 Å². The van der Waals surface area contributed by atoms with E-state index in [1.807, 2.05) is 0 Å². The van der Waals surface area contributed by atoms with Gasteiger partial charge in [0, 0.05) is 7.11 Å². The van der Waals surface area contributed by atoms with E-state index in [-0.39, 0.29) is 11.9 Å². The number of methoxy groups -OCH3 is 1. The molecule has 0 N–H and O–H groups in total. The third kappa shape index (κ3) is 5.04. The van der Waals surface area contributed by atoms with Gasteiger partial charge in [-0.2, -0.15) is 0 Å². The molecule has 0 aliphatic heterocycles. The molecule has 0 aromatic carbocycles. The SMILES string of the molecule is CCCCCC(C)C(OC)C(C)=O. The summed E-state index contributed by atoms with van der Waals surface area (Å²) >= 11 is 0. The van der Waals surface area contributed by atoms with Crippen molar-refractivity contribution in [3.05, 3.63) is 0 Å². The highest BCUT2D eigenvalue weighted by Gasteiger charge is 2.20. The summed E-state index contributed by atoms with van der Waals surface area (Å²) in [6.45, 7) is 5.87. The number of rotatable bonds is 7. The van der Waals surface area contributed by atoms with Crippen LogP contribution in [0.4, 0.5) is 0 Å². The molecule has 78 valence electrons. The van der Waals surface area contributed by atoms with Gasteiger partial charge in [0.15, 0.2) is 5.78 Å². The van der Waals surface area contributed by atoms with Crippen molar-refractivity contribution in [3.8, 4) is 0 Å². The molecule has 13 heavy (non-hydrogen) atoms. The number of hydrogen-bond acceptors (Lipinski definition) is 2. The molecular weight excluding hydrogens is 164 g/mol. The monoisotopic (exact) mass is 186 g/mol. The Morgan fingerprint density at radius 2 is 2.00 bits per heavy atom. The van der Waals surface area contributed by atoms with Crippen molar-refractivity contribution in [3.63, 3.8) is 0 Å². The maximum Gasteiger partial charge on any atom is 0.158 e. The standard InChI is InChI=1S/C11H22O2/c1-5-6-7-8-9(2)11(13-4)10(3)12/h9,11H,5-8H2,1-4H3. The van der Waals surface area contributed by atoms with Gasteiger partial charge in [-0.25, -0.2) is 0 Å². The van der Waals surface area contributed by atoms with E-state index in [0.29, 0.717) is 5.92 Å². The molecule has 0 fully saturated rings. The minimum atomic E-state index is -0.197. The third-order valence-corrected chi connectivity index (χ3v) is 2.43. The van der Waals surface area contributed by atoms with Crippen LogP contribution in [-0.4, -0.2) is 19.0 Å². The molecule has 0 spiro atoms. The average Bonchev–Trinajstić information content (AvgIpc) is 2.05. The number of ether oxygens (including phenoxy) is 1. The van der Waals surface area contributed by atoms with E-state index in [0.717, 1.165) is 6.42 Å². The molecule has 0 aromatic heterocycles. The van der Waals surface area contributed by atoms with E-state index in [2.05, 4.69) is 13.8 Å². The van der Waals surface area contributed by atoms with Gasteiger partial charge in [-0.3, -0.25) is 4.79 Å². The smallest absolute Gasteiger partial charge is 0.158 e. The lowest BCUT2D eigenvalue weighted by molar-refractivity contribution is -0.129. The predicted octanol–water partition coefficient (Wildman–Crippen LogP) is 2.81. The molecule has 0 rings (SSSR count). The first-order valence-electron chi connectivity index (χ1n) is 5.16. The Hall–Kier alpha value is -0.370. The predicted molar refractivity (Wildman–Crippen MR) is 54.8 cm³/mol. The molecule has 0 bridgehead atoms.